The fourth-order valence-corrected chi connectivity index (χ4v) is 2.39. The van der Waals surface area contributed by atoms with Crippen molar-refractivity contribution in [1.82, 2.24) is 5.32 Å². The molecule has 1 atom stereocenters. The molecule has 0 aromatic heterocycles. The summed E-state index contributed by atoms with van der Waals surface area (Å²) in [5, 5.41) is 13.7. The molecule has 96 valence electrons. The Hall–Kier alpha value is -0.220. The van der Waals surface area contributed by atoms with E-state index in [2.05, 4.69) is 19.2 Å². The molecule has 4 heteroatoms. The minimum Gasteiger partial charge on any atom is -0.391 e. The zero-order chi connectivity index (χ0) is 12.7. The first-order valence-corrected chi connectivity index (χ1v) is 7.35. The molecule has 17 heavy (non-hydrogen) atoms. The van der Waals surface area contributed by atoms with Gasteiger partial charge in [0.1, 0.15) is 0 Å². The zero-order valence-electron chi connectivity index (χ0n) is 10.3. The van der Waals surface area contributed by atoms with Gasteiger partial charge in [-0.25, -0.2) is 0 Å². The van der Waals surface area contributed by atoms with Crippen molar-refractivity contribution in [2.24, 2.45) is 0 Å². The van der Waals surface area contributed by atoms with Crippen LogP contribution in [0.4, 0.5) is 0 Å². The summed E-state index contributed by atoms with van der Waals surface area (Å²) >= 11 is 7.55. The largest absolute Gasteiger partial charge is 0.391 e. The van der Waals surface area contributed by atoms with Crippen LogP contribution in [0.15, 0.2) is 24.3 Å². The summed E-state index contributed by atoms with van der Waals surface area (Å²) in [6.45, 7) is 4.81. The number of hydrogen-bond donors (Lipinski definition) is 2. The number of aliphatic hydroxyl groups excluding tert-OH is 1. The van der Waals surface area contributed by atoms with Crippen molar-refractivity contribution < 1.29 is 5.11 Å². The first kappa shape index (κ1) is 14.8. The maximum Gasteiger partial charge on any atom is 0.0755 e. The van der Waals surface area contributed by atoms with Crippen LogP contribution in [-0.2, 0) is 5.75 Å². The summed E-state index contributed by atoms with van der Waals surface area (Å²) in [6, 6.07) is 8.26. The van der Waals surface area contributed by atoms with Crippen LogP contribution >= 0.6 is 23.4 Å². The van der Waals surface area contributed by atoms with Gasteiger partial charge in [0, 0.05) is 29.1 Å². The third kappa shape index (κ3) is 6.94. The molecular formula is C13H20ClNOS. The van der Waals surface area contributed by atoms with Crippen LogP contribution in [0.1, 0.15) is 19.4 Å². The lowest BCUT2D eigenvalue weighted by Gasteiger charge is -2.13. The number of thioether (sulfide) groups is 1. The Morgan fingerprint density at radius 2 is 1.94 bits per heavy atom. The van der Waals surface area contributed by atoms with E-state index in [4.69, 9.17) is 11.6 Å². The Bertz CT molecular complexity index is 316. The van der Waals surface area contributed by atoms with Crippen LogP contribution in [0.3, 0.4) is 0 Å². The normalized spacial score (nSPS) is 13.0. The highest BCUT2D eigenvalue weighted by atomic mass is 35.5. The van der Waals surface area contributed by atoms with E-state index >= 15 is 0 Å². The molecule has 1 aromatic carbocycles. The fourth-order valence-electron chi connectivity index (χ4n) is 1.32. The number of nitrogens with one attached hydrogen (secondary N) is 1. The highest BCUT2D eigenvalue weighted by molar-refractivity contribution is 7.98. The van der Waals surface area contributed by atoms with Crippen molar-refractivity contribution >= 4 is 23.4 Å². The Balaban J connectivity index is 2.16. The molecule has 0 fully saturated rings. The van der Waals surface area contributed by atoms with Gasteiger partial charge in [-0.2, -0.15) is 11.8 Å². The zero-order valence-corrected chi connectivity index (χ0v) is 11.9. The topological polar surface area (TPSA) is 32.3 Å². The van der Waals surface area contributed by atoms with E-state index in [0.29, 0.717) is 12.6 Å². The summed E-state index contributed by atoms with van der Waals surface area (Å²) in [5.41, 5.74) is 1.24. The van der Waals surface area contributed by atoms with Crippen molar-refractivity contribution in [1.29, 1.82) is 0 Å². The minimum atomic E-state index is -0.283. The second-order valence-electron chi connectivity index (χ2n) is 4.36. The first-order chi connectivity index (χ1) is 8.08. The van der Waals surface area contributed by atoms with Crippen molar-refractivity contribution in [3.8, 4) is 0 Å². The van der Waals surface area contributed by atoms with Crippen LogP contribution in [0.25, 0.3) is 0 Å². The third-order valence-corrected chi connectivity index (χ3v) is 3.66. The van der Waals surface area contributed by atoms with Crippen molar-refractivity contribution in [2.45, 2.75) is 31.7 Å². The molecule has 0 aliphatic carbocycles. The Kier molecular flexibility index (Phi) is 6.97. The van der Waals surface area contributed by atoms with Crippen molar-refractivity contribution in [3.05, 3.63) is 34.9 Å². The molecule has 0 saturated heterocycles. The minimum absolute atomic E-state index is 0.283. The fraction of sp³-hybridized carbons (Fsp3) is 0.538. The Morgan fingerprint density at radius 1 is 1.29 bits per heavy atom. The molecule has 0 amide bonds. The molecule has 1 aromatic rings. The highest BCUT2D eigenvalue weighted by Gasteiger charge is 2.05. The third-order valence-electron chi connectivity index (χ3n) is 2.25. The summed E-state index contributed by atoms with van der Waals surface area (Å²) in [5.74, 6) is 1.66. The highest BCUT2D eigenvalue weighted by Crippen LogP contribution is 2.16. The van der Waals surface area contributed by atoms with Crippen LogP contribution in [0, 0.1) is 0 Å². The molecule has 0 saturated carbocycles. The Morgan fingerprint density at radius 3 is 2.53 bits per heavy atom. The Labute approximate surface area is 113 Å². The van der Waals surface area contributed by atoms with Crippen molar-refractivity contribution in [2.75, 3.05) is 12.3 Å². The van der Waals surface area contributed by atoms with E-state index in [-0.39, 0.29) is 6.10 Å². The van der Waals surface area contributed by atoms with E-state index < -0.39 is 0 Å². The maximum absolute atomic E-state index is 9.72. The van der Waals surface area contributed by atoms with E-state index in [1.165, 1.54) is 5.56 Å². The van der Waals surface area contributed by atoms with Crippen molar-refractivity contribution in [3.63, 3.8) is 0 Å². The molecule has 0 spiro atoms. The van der Waals surface area contributed by atoms with Crippen LogP contribution < -0.4 is 5.32 Å². The summed E-state index contributed by atoms with van der Waals surface area (Å²) in [4.78, 5) is 0. The standard InChI is InChI=1S/C13H20ClNOS/c1-10(2)15-7-13(16)9-17-8-11-3-5-12(14)6-4-11/h3-6,10,13,15-16H,7-9H2,1-2H3. The van der Waals surface area contributed by atoms with E-state index in [0.717, 1.165) is 16.5 Å². The first-order valence-electron chi connectivity index (χ1n) is 5.81. The summed E-state index contributed by atoms with van der Waals surface area (Å²) in [7, 11) is 0. The quantitative estimate of drug-likeness (QED) is 0.801. The monoisotopic (exact) mass is 273 g/mol. The lowest BCUT2D eigenvalue weighted by Crippen LogP contribution is -2.33. The number of rotatable bonds is 7. The number of aliphatic hydroxyl groups is 1. The second-order valence-corrected chi connectivity index (χ2v) is 5.83. The number of hydrogen-bond acceptors (Lipinski definition) is 3. The summed E-state index contributed by atoms with van der Waals surface area (Å²) < 4.78 is 0. The predicted octanol–water partition coefficient (Wildman–Crippen LogP) is 2.93. The molecule has 1 unspecified atom stereocenters. The average molecular weight is 274 g/mol. The van der Waals surface area contributed by atoms with Crippen LogP contribution in [0.2, 0.25) is 5.02 Å². The SMILES string of the molecule is CC(C)NCC(O)CSCc1ccc(Cl)cc1. The van der Waals surface area contributed by atoms with E-state index in [1.54, 1.807) is 11.8 Å². The van der Waals surface area contributed by atoms with Gasteiger partial charge in [-0.1, -0.05) is 37.6 Å². The number of benzene rings is 1. The maximum atomic E-state index is 9.72. The molecule has 1 rings (SSSR count). The van der Waals surface area contributed by atoms with Gasteiger partial charge in [0.2, 0.25) is 0 Å². The molecule has 0 aliphatic rings. The molecule has 0 aliphatic heterocycles. The summed E-state index contributed by atoms with van der Waals surface area (Å²) in [6.07, 6.45) is -0.283. The molecule has 0 radical (unpaired) electrons. The van der Waals surface area contributed by atoms with Gasteiger partial charge in [-0.15, -0.1) is 0 Å². The average Bonchev–Trinajstić information content (AvgIpc) is 2.29. The van der Waals surface area contributed by atoms with Gasteiger partial charge in [-0.05, 0) is 17.7 Å². The van der Waals surface area contributed by atoms with Gasteiger partial charge in [0.15, 0.2) is 0 Å². The van der Waals surface area contributed by atoms with Crippen LogP contribution in [0.5, 0.6) is 0 Å². The smallest absolute Gasteiger partial charge is 0.0755 e. The molecule has 2 nitrogen and oxygen atoms in total. The molecular weight excluding hydrogens is 254 g/mol. The van der Waals surface area contributed by atoms with Gasteiger partial charge in [-0.3, -0.25) is 0 Å². The van der Waals surface area contributed by atoms with Crippen LogP contribution in [-0.4, -0.2) is 29.5 Å². The second kappa shape index (κ2) is 7.98. The number of halogens is 1. The van der Waals surface area contributed by atoms with E-state index in [9.17, 15) is 5.11 Å². The van der Waals surface area contributed by atoms with Gasteiger partial charge >= 0.3 is 0 Å². The van der Waals surface area contributed by atoms with Gasteiger partial charge < -0.3 is 10.4 Å². The van der Waals surface area contributed by atoms with Gasteiger partial charge in [0.25, 0.3) is 0 Å². The predicted molar refractivity (Wildman–Crippen MR) is 76.8 cm³/mol. The molecule has 0 heterocycles. The lowest BCUT2D eigenvalue weighted by atomic mass is 10.2. The van der Waals surface area contributed by atoms with Gasteiger partial charge in [0.05, 0.1) is 6.10 Å². The lowest BCUT2D eigenvalue weighted by molar-refractivity contribution is 0.192. The molecule has 2 N–H and O–H groups in total. The van der Waals surface area contributed by atoms with E-state index in [1.807, 2.05) is 24.3 Å². The molecule has 0 bridgehead atoms.